The number of nitrogens with zero attached hydrogens (tertiary/aromatic N) is 5. The third kappa shape index (κ3) is 6.15. The lowest BCUT2D eigenvalue weighted by Crippen LogP contribution is -2.38. The molecule has 6 nitrogen and oxygen atoms in total. The lowest BCUT2D eigenvalue weighted by atomic mass is 10.1. The molecule has 0 unspecified atom stereocenters. The maximum Gasteiger partial charge on any atom is 0.416 e. The zero-order chi connectivity index (χ0) is 18.4. The number of hydrogen-bond donors (Lipinski definition) is 1. The standard InChI is InChI=1S/C16H21F3N6.HI/c1-4-20-15(21-9-14-23-22-11-25(14)3)24(2)10-12-5-7-13(8-6-12)16(17,18)19;/h5-8,11H,4,9-10H2,1-3H3,(H,20,21);1H. The normalized spacial score (nSPS) is 11.8. The minimum absolute atomic E-state index is 0. The van der Waals surface area contributed by atoms with Crippen molar-refractivity contribution >= 4 is 29.9 Å². The number of aryl methyl sites for hydroxylation is 1. The Bertz CT molecular complexity index is 712. The van der Waals surface area contributed by atoms with Gasteiger partial charge >= 0.3 is 6.18 Å². The molecule has 0 radical (unpaired) electrons. The molecule has 1 aromatic heterocycles. The zero-order valence-electron chi connectivity index (χ0n) is 14.8. The molecule has 1 aromatic carbocycles. The Kier molecular flexibility index (Phi) is 8.31. The summed E-state index contributed by atoms with van der Waals surface area (Å²) in [4.78, 5) is 6.35. The van der Waals surface area contributed by atoms with Crippen LogP contribution in [0.1, 0.15) is 23.9 Å². The molecule has 0 fully saturated rings. The maximum atomic E-state index is 12.6. The fourth-order valence-electron chi connectivity index (χ4n) is 2.21. The molecule has 0 bridgehead atoms. The van der Waals surface area contributed by atoms with Crippen molar-refractivity contribution in [3.05, 3.63) is 47.5 Å². The second-order valence-corrected chi connectivity index (χ2v) is 5.58. The van der Waals surface area contributed by atoms with Crippen LogP contribution in [-0.2, 0) is 26.3 Å². The molecule has 0 saturated heterocycles. The van der Waals surface area contributed by atoms with Crippen molar-refractivity contribution in [3.63, 3.8) is 0 Å². The SMILES string of the molecule is CCNC(=NCc1nncn1C)N(C)Cc1ccc(C(F)(F)F)cc1.I. The highest BCUT2D eigenvalue weighted by Gasteiger charge is 2.29. The van der Waals surface area contributed by atoms with Crippen LogP contribution >= 0.6 is 24.0 Å². The third-order valence-electron chi connectivity index (χ3n) is 3.57. The Hall–Kier alpha value is -1.85. The van der Waals surface area contributed by atoms with Crippen molar-refractivity contribution in [1.82, 2.24) is 25.0 Å². The Morgan fingerprint density at radius 2 is 1.92 bits per heavy atom. The molecule has 10 heteroatoms. The van der Waals surface area contributed by atoms with Crippen LogP contribution in [0.2, 0.25) is 0 Å². The van der Waals surface area contributed by atoms with Gasteiger partial charge in [-0.2, -0.15) is 13.2 Å². The minimum atomic E-state index is -4.32. The van der Waals surface area contributed by atoms with Crippen LogP contribution in [0.3, 0.4) is 0 Å². The van der Waals surface area contributed by atoms with Gasteiger partial charge < -0.3 is 14.8 Å². The van der Waals surface area contributed by atoms with E-state index in [0.717, 1.165) is 23.5 Å². The Morgan fingerprint density at radius 1 is 1.27 bits per heavy atom. The molecule has 0 aliphatic rings. The van der Waals surface area contributed by atoms with Crippen LogP contribution in [0.15, 0.2) is 35.6 Å². The molecule has 0 saturated carbocycles. The van der Waals surface area contributed by atoms with Gasteiger partial charge in [-0.1, -0.05) is 12.1 Å². The number of aliphatic imine (C=N–C) groups is 1. The van der Waals surface area contributed by atoms with E-state index in [1.807, 2.05) is 25.9 Å². The molecule has 1 heterocycles. The van der Waals surface area contributed by atoms with E-state index in [0.29, 0.717) is 25.6 Å². The van der Waals surface area contributed by atoms with Gasteiger partial charge in [-0.05, 0) is 24.6 Å². The first-order valence-corrected chi connectivity index (χ1v) is 7.79. The summed E-state index contributed by atoms with van der Waals surface area (Å²) in [5.41, 5.74) is 0.113. The molecule has 0 aliphatic carbocycles. The smallest absolute Gasteiger partial charge is 0.357 e. The quantitative estimate of drug-likeness (QED) is 0.405. The Labute approximate surface area is 167 Å². The summed E-state index contributed by atoms with van der Waals surface area (Å²) in [6, 6.07) is 5.14. The van der Waals surface area contributed by atoms with Crippen molar-refractivity contribution in [2.75, 3.05) is 13.6 Å². The lowest BCUT2D eigenvalue weighted by molar-refractivity contribution is -0.137. The fraction of sp³-hybridized carbons (Fsp3) is 0.438. The molecule has 2 rings (SSSR count). The van der Waals surface area contributed by atoms with Gasteiger partial charge in [0, 0.05) is 27.2 Å². The molecular formula is C16H22F3IN6. The molecule has 26 heavy (non-hydrogen) atoms. The van der Waals surface area contributed by atoms with E-state index in [2.05, 4.69) is 20.5 Å². The van der Waals surface area contributed by atoms with Gasteiger partial charge in [0.2, 0.25) is 0 Å². The van der Waals surface area contributed by atoms with E-state index in [1.54, 1.807) is 10.9 Å². The van der Waals surface area contributed by atoms with Crippen molar-refractivity contribution in [2.45, 2.75) is 26.2 Å². The molecular weight excluding hydrogens is 460 g/mol. The van der Waals surface area contributed by atoms with E-state index >= 15 is 0 Å². The van der Waals surface area contributed by atoms with E-state index in [9.17, 15) is 13.2 Å². The minimum Gasteiger partial charge on any atom is -0.357 e. The highest BCUT2D eigenvalue weighted by molar-refractivity contribution is 14.0. The average molecular weight is 482 g/mol. The van der Waals surface area contributed by atoms with Crippen molar-refractivity contribution in [3.8, 4) is 0 Å². The fourth-order valence-corrected chi connectivity index (χ4v) is 2.21. The van der Waals surface area contributed by atoms with E-state index in [1.165, 1.54) is 12.1 Å². The van der Waals surface area contributed by atoms with Crippen molar-refractivity contribution in [1.29, 1.82) is 0 Å². The highest BCUT2D eigenvalue weighted by Crippen LogP contribution is 2.29. The van der Waals surface area contributed by atoms with Crippen LogP contribution in [-0.4, -0.2) is 39.2 Å². The number of alkyl halides is 3. The summed E-state index contributed by atoms with van der Waals surface area (Å²) in [5.74, 6) is 1.36. The van der Waals surface area contributed by atoms with Gasteiger partial charge in [0.25, 0.3) is 0 Å². The monoisotopic (exact) mass is 482 g/mol. The van der Waals surface area contributed by atoms with Crippen molar-refractivity contribution < 1.29 is 13.2 Å². The Morgan fingerprint density at radius 3 is 2.42 bits per heavy atom. The number of benzene rings is 1. The number of aromatic nitrogens is 3. The number of rotatable bonds is 5. The Balaban J connectivity index is 0.00000338. The third-order valence-corrected chi connectivity index (χ3v) is 3.57. The highest BCUT2D eigenvalue weighted by atomic mass is 127. The van der Waals surface area contributed by atoms with Crippen molar-refractivity contribution in [2.24, 2.45) is 12.0 Å². The molecule has 1 N–H and O–H groups in total. The van der Waals surface area contributed by atoms with Crippen LogP contribution in [0, 0.1) is 0 Å². The van der Waals surface area contributed by atoms with E-state index < -0.39 is 11.7 Å². The van der Waals surface area contributed by atoms with Crippen LogP contribution < -0.4 is 5.32 Å². The van der Waals surface area contributed by atoms with Gasteiger partial charge in [0.15, 0.2) is 11.8 Å². The van der Waals surface area contributed by atoms with Gasteiger partial charge in [0.1, 0.15) is 12.9 Å². The molecule has 0 atom stereocenters. The predicted octanol–water partition coefficient (Wildman–Crippen LogP) is 3.05. The van der Waals surface area contributed by atoms with E-state index in [4.69, 9.17) is 0 Å². The summed E-state index contributed by atoms with van der Waals surface area (Å²) < 4.78 is 39.7. The summed E-state index contributed by atoms with van der Waals surface area (Å²) >= 11 is 0. The first-order valence-electron chi connectivity index (χ1n) is 7.79. The molecule has 2 aromatic rings. The van der Waals surface area contributed by atoms with E-state index in [-0.39, 0.29) is 24.0 Å². The first kappa shape index (κ1) is 22.2. The topological polar surface area (TPSA) is 58.3 Å². The van der Waals surface area contributed by atoms with Gasteiger partial charge in [-0.3, -0.25) is 0 Å². The zero-order valence-corrected chi connectivity index (χ0v) is 17.1. The number of guanidine groups is 1. The molecule has 0 aliphatic heterocycles. The van der Waals surface area contributed by atoms with Gasteiger partial charge in [0.05, 0.1) is 5.56 Å². The first-order chi connectivity index (χ1) is 11.8. The lowest BCUT2D eigenvalue weighted by Gasteiger charge is -2.22. The second-order valence-electron chi connectivity index (χ2n) is 5.58. The molecule has 0 spiro atoms. The second kappa shape index (κ2) is 9.74. The maximum absolute atomic E-state index is 12.6. The summed E-state index contributed by atoms with van der Waals surface area (Å²) in [6.45, 7) is 3.41. The van der Waals surface area contributed by atoms with Gasteiger partial charge in [-0.25, -0.2) is 4.99 Å². The summed E-state index contributed by atoms with van der Waals surface area (Å²) in [5, 5.41) is 10.9. The molecule has 0 amide bonds. The number of nitrogens with one attached hydrogen (secondary N) is 1. The number of hydrogen-bond acceptors (Lipinski definition) is 3. The van der Waals surface area contributed by atoms with Crippen LogP contribution in [0.25, 0.3) is 0 Å². The summed E-state index contributed by atoms with van der Waals surface area (Å²) in [7, 11) is 3.67. The average Bonchev–Trinajstić information content (AvgIpc) is 2.96. The summed E-state index contributed by atoms with van der Waals surface area (Å²) in [6.07, 6.45) is -2.72. The predicted molar refractivity (Wildman–Crippen MR) is 104 cm³/mol. The largest absolute Gasteiger partial charge is 0.416 e. The number of halogens is 4. The van der Waals surface area contributed by atoms with Crippen LogP contribution in [0.5, 0.6) is 0 Å². The van der Waals surface area contributed by atoms with Crippen LogP contribution in [0.4, 0.5) is 13.2 Å². The molecule has 144 valence electrons. The van der Waals surface area contributed by atoms with Gasteiger partial charge in [-0.15, -0.1) is 34.2 Å².